The highest BCUT2D eigenvalue weighted by Crippen LogP contribution is 2.70. The van der Waals surface area contributed by atoms with Crippen LogP contribution >= 0.6 is 0 Å². The Labute approximate surface area is 135 Å². The number of hydrogen-bond acceptors (Lipinski definition) is 2. The lowest BCUT2D eigenvalue weighted by Crippen LogP contribution is -2.54. The highest BCUT2D eigenvalue weighted by Gasteiger charge is 2.69. The third kappa shape index (κ3) is 1.64. The zero-order valence-corrected chi connectivity index (χ0v) is 14.3. The van der Waals surface area contributed by atoms with E-state index in [0.717, 1.165) is 43.1 Å². The van der Waals surface area contributed by atoms with E-state index in [1.807, 2.05) is 0 Å². The molecule has 5 aliphatic rings. The summed E-state index contributed by atoms with van der Waals surface area (Å²) in [6, 6.07) is 0. The predicted octanol–water partition coefficient (Wildman–Crippen LogP) is 4.16. The minimum atomic E-state index is -0.0157. The molecule has 0 unspecified atom stereocenters. The minimum absolute atomic E-state index is 0.0157. The maximum absolute atomic E-state index is 10.1. The molecule has 4 aliphatic carbocycles. The van der Waals surface area contributed by atoms with Crippen molar-refractivity contribution in [2.45, 2.75) is 83.3 Å². The van der Waals surface area contributed by atoms with Crippen LogP contribution < -0.4 is 0 Å². The molecule has 124 valence electrons. The van der Waals surface area contributed by atoms with Gasteiger partial charge in [0, 0.05) is 5.41 Å². The van der Waals surface area contributed by atoms with Gasteiger partial charge in [0.2, 0.25) is 0 Å². The third-order valence-electron chi connectivity index (χ3n) is 9.36. The normalized spacial score (nSPS) is 63.1. The summed E-state index contributed by atoms with van der Waals surface area (Å²) in [5.74, 6) is 3.54. The summed E-state index contributed by atoms with van der Waals surface area (Å²) < 4.78 is 6.02. The molecular weight excluding hydrogens is 272 g/mol. The molecule has 1 N–H and O–H groups in total. The number of hydrogen-bond donors (Lipinski definition) is 1. The SMILES string of the molecule is C[C@@]12CC[C@@H](O)C[C@@H]1CC[C@H]1C[C@]3(C)[C@H](CC[C@]34CO4)C[C@@H]12. The van der Waals surface area contributed by atoms with Crippen LogP contribution in [0.25, 0.3) is 0 Å². The van der Waals surface area contributed by atoms with Crippen molar-refractivity contribution in [1.82, 2.24) is 0 Å². The number of fused-ring (bicyclic) bond motifs is 5. The lowest BCUT2D eigenvalue weighted by atomic mass is 9.45. The zero-order valence-electron chi connectivity index (χ0n) is 14.3. The molecule has 4 saturated carbocycles. The molecule has 1 saturated heterocycles. The van der Waals surface area contributed by atoms with Crippen molar-refractivity contribution >= 4 is 0 Å². The summed E-state index contributed by atoms with van der Waals surface area (Å²) in [6.07, 6.45) is 11.8. The Hall–Kier alpha value is -0.0800. The van der Waals surface area contributed by atoms with E-state index in [2.05, 4.69) is 13.8 Å². The second-order valence-electron chi connectivity index (χ2n) is 9.95. The van der Waals surface area contributed by atoms with Gasteiger partial charge in [-0.05, 0) is 86.9 Å². The van der Waals surface area contributed by atoms with E-state index < -0.39 is 0 Å². The first-order valence-corrected chi connectivity index (χ1v) is 9.79. The van der Waals surface area contributed by atoms with Crippen LogP contribution in [0.5, 0.6) is 0 Å². The zero-order chi connectivity index (χ0) is 15.2. The van der Waals surface area contributed by atoms with Gasteiger partial charge in [-0.15, -0.1) is 0 Å². The Morgan fingerprint density at radius 1 is 0.955 bits per heavy atom. The highest BCUT2D eigenvalue weighted by molar-refractivity contribution is 5.17. The van der Waals surface area contributed by atoms with Crippen LogP contribution in [0.3, 0.4) is 0 Å². The third-order valence-corrected chi connectivity index (χ3v) is 9.36. The fourth-order valence-corrected chi connectivity index (χ4v) is 7.72. The summed E-state index contributed by atoms with van der Waals surface area (Å²) in [5, 5.41) is 10.1. The summed E-state index contributed by atoms with van der Waals surface area (Å²) in [6.45, 7) is 6.19. The van der Waals surface area contributed by atoms with Gasteiger partial charge in [-0.2, -0.15) is 0 Å². The van der Waals surface area contributed by atoms with Gasteiger partial charge in [0.25, 0.3) is 0 Å². The second kappa shape index (κ2) is 4.30. The lowest BCUT2D eigenvalue weighted by Gasteiger charge is -2.60. The van der Waals surface area contributed by atoms with Gasteiger partial charge in [-0.3, -0.25) is 0 Å². The summed E-state index contributed by atoms with van der Waals surface area (Å²) in [7, 11) is 0. The van der Waals surface area contributed by atoms with Gasteiger partial charge in [0.15, 0.2) is 0 Å². The number of aliphatic hydroxyl groups is 1. The first kappa shape index (κ1) is 14.3. The standard InChI is InChI=1S/C20H32O2/c1-18-7-6-16(21)9-14(18)4-3-13-11-19(2)15(10-17(13)18)5-8-20(19)12-22-20/h13-17,21H,3-12H2,1-2H3/t13-,14-,15+,16+,17-,18+,19+,20-/m0/s1. The molecule has 0 bridgehead atoms. The van der Waals surface area contributed by atoms with Crippen LogP contribution in [0.15, 0.2) is 0 Å². The summed E-state index contributed by atoms with van der Waals surface area (Å²) in [5.41, 5.74) is 1.29. The van der Waals surface area contributed by atoms with E-state index in [1.54, 1.807) is 0 Å². The molecule has 1 spiro atoms. The van der Waals surface area contributed by atoms with Gasteiger partial charge in [-0.25, -0.2) is 0 Å². The Bertz CT molecular complexity index is 484. The van der Waals surface area contributed by atoms with Crippen molar-refractivity contribution < 1.29 is 9.84 Å². The quantitative estimate of drug-likeness (QED) is 0.682. The summed E-state index contributed by atoms with van der Waals surface area (Å²) in [4.78, 5) is 0. The molecular formula is C20H32O2. The second-order valence-corrected chi connectivity index (χ2v) is 9.95. The van der Waals surface area contributed by atoms with Gasteiger partial charge >= 0.3 is 0 Å². The molecule has 1 heterocycles. The number of aliphatic hydroxyl groups excluding tert-OH is 1. The molecule has 0 aromatic rings. The average molecular weight is 304 g/mol. The van der Waals surface area contributed by atoms with Crippen molar-refractivity contribution in [1.29, 1.82) is 0 Å². The molecule has 0 amide bonds. The molecule has 2 nitrogen and oxygen atoms in total. The van der Waals surface area contributed by atoms with Crippen molar-refractivity contribution in [3.05, 3.63) is 0 Å². The van der Waals surface area contributed by atoms with E-state index in [-0.39, 0.29) is 6.10 Å². The molecule has 22 heavy (non-hydrogen) atoms. The van der Waals surface area contributed by atoms with Crippen LogP contribution in [0, 0.1) is 34.5 Å². The molecule has 5 rings (SSSR count). The van der Waals surface area contributed by atoms with E-state index in [9.17, 15) is 5.11 Å². The molecule has 5 fully saturated rings. The van der Waals surface area contributed by atoms with Crippen LogP contribution in [-0.2, 0) is 4.74 Å². The Kier molecular flexibility index (Phi) is 2.79. The molecule has 0 aromatic heterocycles. The topological polar surface area (TPSA) is 32.8 Å². The lowest BCUT2D eigenvalue weighted by molar-refractivity contribution is -0.121. The van der Waals surface area contributed by atoms with Crippen molar-refractivity contribution in [2.75, 3.05) is 6.61 Å². The van der Waals surface area contributed by atoms with E-state index in [4.69, 9.17) is 4.74 Å². The first-order valence-electron chi connectivity index (χ1n) is 9.79. The van der Waals surface area contributed by atoms with Gasteiger partial charge in [0.1, 0.15) is 0 Å². The van der Waals surface area contributed by atoms with Crippen LogP contribution in [0.2, 0.25) is 0 Å². The van der Waals surface area contributed by atoms with Crippen LogP contribution in [0.4, 0.5) is 0 Å². The van der Waals surface area contributed by atoms with Crippen molar-refractivity contribution in [3.8, 4) is 0 Å². The monoisotopic (exact) mass is 304 g/mol. The molecule has 0 radical (unpaired) electrons. The van der Waals surface area contributed by atoms with Crippen molar-refractivity contribution in [2.24, 2.45) is 34.5 Å². The van der Waals surface area contributed by atoms with E-state index >= 15 is 0 Å². The number of epoxide rings is 1. The fraction of sp³-hybridized carbons (Fsp3) is 1.00. The average Bonchev–Trinajstić information content (AvgIpc) is 3.22. The smallest absolute Gasteiger partial charge is 0.0972 e. The van der Waals surface area contributed by atoms with Crippen LogP contribution in [0.1, 0.15) is 71.6 Å². The fourth-order valence-electron chi connectivity index (χ4n) is 7.72. The maximum Gasteiger partial charge on any atom is 0.0972 e. The Morgan fingerprint density at radius 2 is 1.77 bits per heavy atom. The number of ether oxygens (including phenoxy) is 1. The Morgan fingerprint density at radius 3 is 2.55 bits per heavy atom. The molecule has 2 heteroatoms. The van der Waals surface area contributed by atoms with Crippen molar-refractivity contribution in [3.63, 3.8) is 0 Å². The number of rotatable bonds is 0. The van der Waals surface area contributed by atoms with E-state index in [0.29, 0.717) is 16.4 Å². The molecule has 0 aromatic carbocycles. The first-order chi connectivity index (χ1) is 10.5. The molecule has 8 atom stereocenters. The molecule has 1 aliphatic heterocycles. The van der Waals surface area contributed by atoms with Gasteiger partial charge in [-0.1, -0.05) is 13.8 Å². The highest BCUT2D eigenvalue weighted by atomic mass is 16.6. The Balaban J connectivity index is 1.45. The minimum Gasteiger partial charge on any atom is -0.393 e. The summed E-state index contributed by atoms with van der Waals surface area (Å²) >= 11 is 0. The largest absolute Gasteiger partial charge is 0.393 e. The van der Waals surface area contributed by atoms with Gasteiger partial charge < -0.3 is 9.84 Å². The van der Waals surface area contributed by atoms with Crippen LogP contribution in [-0.4, -0.2) is 23.4 Å². The maximum atomic E-state index is 10.1. The van der Waals surface area contributed by atoms with E-state index in [1.165, 1.54) is 44.9 Å². The predicted molar refractivity (Wildman–Crippen MR) is 86.4 cm³/mol. The van der Waals surface area contributed by atoms with Gasteiger partial charge in [0.05, 0.1) is 18.3 Å².